The summed E-state index contributed by atoms with van der Waals surface area (Å²) in [7, 11) is 1.77. The van der Waals surface area contributed by atoms with Gasteiger partial charge in [0.1, 0.15) is 5.92 Å². The largest absolute Gasteiger partial charge is 0.351 e. The van der Waals surface area contributed by atoms with Gasteiger partial charge in [0.25, 0.3) is 5.92 Å². The number of carbonyl (C=O) groups excluding carboxylic acids is 1. The molecule has 1 saturated heterocycles. The van der Waals surface area contributed by atoms with Gasteiger partial charge in [-0.3, -0.25) is 9.48 Å². The van der Waals surface area contributed by atoms with Crippen LogP contribution in [0.1, 0.15) is 13.3 Å². The van der Waals surface area contributed by atoms with Gasteiger partial charge in [-0.2, -0.15) is 10.1 Å². The van der Waals surface area contributed by atoms with Crippen LogP contribution < -0.4 is 15.5 Å². The van der Waals surface area contributed by atoms with Crippen LogP contribution in [-0.2, 0) is 11.8 Å². The Balaban J connectivity index is 1.32. The Labute approximate surface area is 164 Å². The van der Waals surface area contributed by atoms with Gasteiger partial charge in [0.15, 0.2) is 11.6 Å². The predicted molar refractivity (Wildman–Crippen MR) is 97.3 cm³/mol. The van der Waals surface area contributed by atoms with Gasteiger partial charge in [-0.15, -0.1) is 0 Å². The van der Waals surface area contributed by atoms with Crippen LogP contribution in [0.5, 0.6) is 0 Å². The highest BCUT2D eigenvalue weighted by Gasteiger charge is 2.70. The van der Waals surface area contributed by atoms with Crippen LogP contribution in [0.2, 0.25) is 0 Å². The average molecular weight is 407 g/mol. The standard InChI is InChI=1S/C18H20F3N7O/c1-9-12-7-28(8-17(9,12)26-15(29)11-3-18(11,20)21)14-13(19)5-22-16(25-14)24-10-4-23-27(2)6-10/h4-6,9,11-12H,3,7-8H2,1-2H3,(H,26,29)(H,22,24,25)/t9-,11-,12+,17-/m0/s1. The van der Waals surface area contributed by atoms with Crippen molar-refractivity contribution in [3.63, 3.8) is 0 Å². The number of hydrogen-bond acceptors (Lipinski definition) is 6. The highest BCUT2D eigenvalue weighted by molar-refractivity contribution is 5.84. The molecule has 0 bridgehead atoms. The number of amides is 1. The number of piperidine rings is 1. The van der Waals surface area contributed by atoms with E-state index in [4.69, 9.17) is 0 Å². The lowest BCUT2D eigenvalue weighted by molar-refractivity contribution is -0.125. The van der Waals surface area contributed by atoms with Gasteiger partial charge in [0.05, 0.1) is 23.6 Å². The lowest BCUT2D eigenvalue weighted by Gasteiger charge is -2.25. The maximum absolute atomic E-state index is 14.4. The van der Waals surface area contributed by atoms with E-state index in [-0.39, 0.29) is 23.6 Å². The predicted octanol–water partition coefficient (Wildman–Crippen LogP) is 1.69. The molecule has 3 aliphatic rings. The summed E-state index contributed by atoms with van der Waals surface area (Å²) in [6, 6.07) is 0. The minimum Gasteiger partial charge on any atom is -0.351 e. The molecule has 2 N–H and O–H groups in total. The van der Waals surface area contributed by atoms with Crippen LogP contribution in [0.3, 0.4) is 0 Å². The minimum atomic E-state index is -2.90. The molecule has 1 aliphatic heterocycles. The second-order valence-corrected chi connectivity index (χ2v) is 8.22. The number of aryl methyl sites for hydroxylation is 1. The summed E-state index contributed by atoms with van der Waals surface area (Å²) in [6.07, 6.45) is 4.01. The summed E-state index contributed by atoms with van der Waals surface area (Å²) < 4.78 is 42.5. The third kappa shape index (κ3) is 2.90. The number of anilines is 3. The number of rotatable bonds is 5. The highest BCUT2D eigenvalue weighted by atomic mass is 19.3. The molecule has 3 heterocycles. The minimum absolute atomic E-state index is 0.0721. The summed E-state index contributed by atoms with van der Waals surface area (Å²) in [4.78, 5) is 22.2. The fourth-order valence-electron chi connectivity index (χ4n) is 4.40. The molecule has 3 fully saturated rings. The molecule has 8 nitrogen and oxygen atoms in total. The molecule has 4 atom stereocenters. The zero-order chi connectivity index (χ0) is 20.6. The number of halogens is 3. The average Bonchev–Trinajstić information content (AvgIpc) is 3.24. The van der Waals surface area contributed by atoms with E-state index in [0.29, 0.717) is 18.8 Å². The van der Waals surface area contributed by atoms with Gasteiger partial charge < -0.3 is 15.5 Å². The Bertz CT molecular complexity index is 996. The summed E-state index contributed by atoms with van der Waals surface area (Å²) in [5, 5.41) is 9.83. The van der Waals surface area contributed by atoms with E-state index in [9.17, 15) is 18.0 Å². The zero-order valence-corrected chi connectivity index (χ0v) is 15.9. The van der Waals surface area contributed by atoms with Crippen LogP contribution in [0.4, 0.5) is 30.6 Å². The van der Waals surface area contributed by atoms with Crippen molar-refractivity contribution in [1.29, 1.82) is 0 Å². The first-order valence-corrected chi connectivity index (χ1v) is 9.42. The van der Waals surface area contributed by atoms with Crippen molar-refractivity contribution in [2.45, 2.75) is 24.8 Å². The number of nitrogens with one attached hydrogen (secondary N) is 2. The normalized spacial score (nSPS) is 31.3. The van der Waals surface area contributed by atoms with Crippen LogP contribution in [0.25, 0.3) is 0 Å². The Morgan fingerprint density at radius 2 is 2.10 bits per heavy atom. The number of carbonyl (C=O) groups is 1. The van der Waals surface area contributed by atoms with Crippen molar-refractivity contribution < 1.29 is 18.0 Å². The van der Waals surface area contributed by atoms with Crippen molar-refractivity contribution in [3.05, 3.63) is 24.4 Å². The Morgan fingerprint density at radius 1 is 1.34 bits per heavy atom. The van der Waals surface area contributed by atoms with Crippen LogP contribution in [-0.4, -0.2) is 50.2 Å². The van der Waals surface area contributed by atoms with Crippen LogP contribution in [0, 0.1) is 23.6 Å². The first-order chi connectivity index (χ1) is 13.7. The second-order valence-electron chi connectivity index (χ2n) is 8.22. The number of nitrogens with zero attached hydrogens (tertiary/aromatic N) is 5. The highest BCUT2D eigenvalue weighted by Crippen LogP contribution is 2.57. The number of hydrogen-bond donors (Lipinski definition) is 2. The monoisotopic (exact) mass is 407 g/mol. The van der Waals surface area contributed by atoms with E-state index in [2.05, 4.69) is 25.7 Å². The van der Waals surface area contributed by atoms with Crippen LogP contribution in [0.15, 0.2) is 18.6 Å². The summed E-state index contributed by atoms with van der Waals surface area (Å²) in [5.41, 5.74) is 0.0569. The molecule has 0 unspecified atom stereocenters. The lowest BCUT2D eigenvalue weighted by Crippen LogP contribution is -2.45. The third-order valence-electron chi connectivity index (χ3n) is 6.32. The van der Waals surface area contributed by atoms with Gasteiger partial charge in [0.2, 0.25) is 11.9 Å². The number of alkyl halides is 2. The molecular formula is C18H20F3N7O. The fraction of sp³-hybridized carbons (Fsp3) is 0.556. The smallest absolute Gasteiger partial charge is 0.260 e. The van der Waals surface area contributed by atoms with Gasteiger partial charge in [-0.1, -0.05) is 6.92 Å². The molecular weight excluding hydrogens is 387 g/mol. The molecule has 29 heavy (non-hydrogen) atoms. The van der Waals surface area contributed by atoms with E-state index < -0.39 is 35.5 Å². The third-order valence-corrected chi connectivity index (χ3v) is 6.32. The maximum atomic E-state index is 14.4. The molecule has 0 spiro atoms. The maximum Gasteiger partial charge on any atom is 0.260 e. The topological polar surface area (TPSA) is 88.0 Å². The molecule has 2 saturated carbocycles. The molecule has 1 amide bonds. The van der Waals surface area contributed by atoms with Gasteiger partial charge in [-0.25, -0.2) is 18.2 Å². The summed E-state index contributed by atoms with van der Waals surface area (Å²) in [5.74, 6) is -4.78. The Hall–Kier alpha value is -2.85. The Kier molecular flexibility index (Phi) is 3.66. The molecule has 154 valence electrons. The van der Waals surface area contributed by atoms with E-state index in [1.165, 1.54) is 0 Å². The first-order valence-electron chi connectivity index (χ1n) is 9.42. The van der Waals surface area contributed by atoms with E-state index in [1.54, 1.807) is 29.0 Å². The van der Waals surface area contributed by atoms with Crippen molar-refractivity contribution in [3.8, 4) is 0 Å². The molecule has 0 radical (unpaired) electrons. The molecule has 0 aromatic carbocycles. The first kappa shape index (κ1) is 18.2. The molecule has 2 aromatic heterocycles. The van der Waals surface area contributed by atoms with Gasteiger partial charge >= 0.3 is 0 Å². The van der Waals surface area contributed by atoms with Crippen molar-refractivity contribution in [2.75, 3.05) is 23.3 Å². The summed E-state index contributed by atoms with van der Waals surface area (Å²) >= 11 is 0. The molecule has 2 aromatic rings. The second kappa shape index (κ2) is 5.83. The van der Waals surface area contributed by atoms with Gasteiger partial charge in [-0.05, 0) is 5.92 Å². The zero-order valence-electron chi connectivity index (χ0n) is 15.9. The molecule has 11 heteroatoms. The quantitative estimate of drug-likeness (QED) is 0.784. The van der Waals surface area contributed by atoms with Gasteiger partial charge in [0, 0.05) is 38.7 Å². The van der Waals surface area contributed by atoms with E-state index >= 15 is 0 Å². The van der Waals surface area contributed by atoms with Crippen molar-refractivity contribution in [2.24, 2.45) is 24.8 Å². The number of fused-ring (bicyclic) bond motifs is 1. The van der Waals surface area contributed by atoms with Crippen molar-refractivity contribution >= 4 is 23.4 Å². The SMILES string of the molecule is C[C@H]1[C@H]2CN(c3nc(Nc4cnn(C)c4)ncc3F)C[C@@]21NC(=O)[C@@H]1CC1(F)F. The lowest BCUT2D eigenvalue weighted by atomic mass is 10.2. The number of aromatic nitrogens is 4. The molecule has 5 rings (SSSR count). The van der Waals surface area contributed by atoms with E-state index in [1.807, 2.05) is 6.92 Å². The fourth-order valence-corrected chi connectivity index (χ4v) is 4.40. The van der Waals surface area contributed by atoms with Crippen LogP contribution >= 0.6 is 0 Å². The summed E-state index contributed by atoms with van der Waals surface area (Å²) in [6.45, 7) is 2.78. The Morgan fingerprint density at radius 3 is 2.76 bits per heavy atom. The van der Waals surface area contributed by atoms with E-state index in [0.717, 1.165) is 6.20 Å². The molecule has 2 aliphatic carbocycles. The van der Waals surface area contributed by atoms with Crippen molar-refractivity contribution in [1.82, 2.24) is 25.1 Å².